The van der Waals surface area contributed by atoms with Crippen LogP contribution in [0, 0.1) is 0 Å². The molecule has 0 spiro atoms. The second-order valence-corrected chi connectivity index (χ2v) is 6.09. The first-order chi connectivity index (χ1) is 10.1. The summed E-state index contributed by atoms with van der Waals surface area (Å²) in [5, 5.41) is 0. The summed E-state index contributed by atoms with van der Waals surface area (Å²) in [7, 11) is 0. The van der Waals surface area contributed by atoms with Crippen LogP contribution in [-0.2, 0) is 14.3 Å². The van der Waals surface area contributed by atoms with Gasteiger partial charge in [0, 0.05) is 6.54 Å². The van der Waals surface area contributed by atoms with Crippen LogP contribution in [0.2, 0.25) is 0 Å². The molecule has 0 saturated carbocycles. The second-order valence-electron chi connectivity index (χ2n) is 5.10. The molecule has 1 aliphatic rings. The third-order valence-electron chi connectivity index (χ3n) is 3.25. The Labute approximate surface area is 128 Å². The maximum absolute atomic E-state index is 12.2. The Morgan fingerprint density at radius 1 is 1.29 bits per heavy atom. The van der Waals surface area contributed by atoms with Gasteiger partial charge in [-0.1, -0.05) is 30.3 Å². The highest BCUT2D eigenvalue weighted by Crippen LogP contribution is 2.25. The number of hydrogen-bond acceptors (Lipinski definition) is 4. The Hall–Kier alpha value is -1.53. The zero-order chi connectivity index (χ0) is 15.2. The molecule has 0 aromatic heterocycles. The van der Waals surface area contributed by atoms with E-state index in [4.69, 9.17) is 10.5 Å². The summed E-state index contributed by atoms with van der Waals surface area (Å²) in [6, 6.07) is 9.90. The molecule has 0 radical (unpaired) electrons. The number of benzene rings is 1. The van der Waals surface area contributed by atoms with Crippen molar-refractivity contribution < 1.29 is 14.3 Å². The van der Waals surface area contributed by atoms with Crippen LogP contribution in [0.15, 0.2) is 30.3 Å². The van der Waals surface area contributed by atoms with Crippen LogP contribution in [0.4, 0.5) is 0 Å². The molecule has 1 aromatic rings. The highest BCUT2D eigenvalue weighted by molar-refractivity contribution is 8.00. The molecule has 0 bridgehead atoms. The van der Waals surface area contributed by atoms with Gasteiger partial charge in [0.2, 0.25) is 11.8 Å². The summed E-state index contributed by atoms with van der Waals surface area (Å²) < 4.78 is 5.92. The predicted octanol–water partition coefficient (Wildman–Crippen LogP) is 1.19. The number of carbonyl (C=O) groups is 2. The van der Waals surface area contributed by atoms with Gasteiger partial charge in [-0.3, -0.25) is 9.59 Å². The lowest BCUT2D eigenvalue weighted by molar-refractivity contribution is -0.142. The molecule has 2 rings (SSSR count). The Balaban J connectivity index is 1.94. The lowest BCUT2D eigenvalue weighted by Gasteiger charge is -2.37. The molecular formula is C15H20N2O3S. The summed E-state index contributed by atoms with van der Waals surface area (Å²) in [4.78, 5) is 24.7. The largest absolute Gasteiger partial charge is 0.369 e. The zero-order valence-corrected chi connectivity index (χ0v) is 12.8. The molecule has 1 aromatic carbocycles. The van der Waals surface area contributed by atoms with Gasteiger partial charge in [0.1, 0.15) is 6.10 Å². The molecular weight excluding hydrogens is 288 g/mol. The van der Waals surface area contributed by atoms with E-state index in [2.05, 4.69) is 0 Å². The van der Waals surface area contributed by atoms with Crippen LogP contribution >= 0.6 is 11.8 Å². The molecule has 114 valence electrons. The third-order valence-corrected chi connectivity index (χ3v) is 4.19. The minimum absolute atomic E-state index is 0.00551. The molecule has 1 aliphatic heterocycles. The molecule has 1 heterocycles. The van der Waals surface area contributed by atoms with E-state index in [-0.39, 0.29) is 29.6 Å². The Kier molecular flexibility index (Phi) is 5.64. The van der Waals surface area contributed by atoms with Crippen LogP contribution < -0.4 is 5.73 Å². The van der Waals surface area contributed by atoms with Gasteiger partial charge in [0.15, 0.2) is 0 Å². The van der Waals surface area contributed by atoms with E-state index in [0.717, 1.165) is 5.56 Å². The van der Waals surface area contributed by atoms with Crippen molar-refractivity contribution in [2.24, 2.45) is 5.73 Å². The van der Waals surface area contributed by atoms with Gasteiger partial charge in [0.25, 0.3) is 0 Å². The predicted molar refractivity (Wildman–Crippen MR) is 82.8 cm³/mol. The quantitative estimate of drug-likeness (QED) is 0.887. The van der Waals surface area contributed by atoms with E-state index in [0.29, 0.717) is 13.1 Å². The van der Waals surface area contributed by atoms with Crippen molar-refractivity contribution in [2.45, 2.75) is 19.1 Å². The molecule has 2 unspecified atom stereocenters. The minimum Gasteiger partial charge on any atom is -0.369 e. The first-order valence-corrected chi connectivity index (χ1v) is 8.06. The van der Waals surface area contributed by atoms with Gasteiger partial charge >= 0.3 is 0 Å². The van der Waals surface area contributed by atoms with Crippen molar-refractivity contribution in [3.63, 3.8) is 0 Å². The van der Waals surface area contributed by atoms with Crippen LogP contribution in [-0.4, -0.2) is 47.4 Å². The van der Waals surface area contributed by atoms with Crippen molar-refractivity contribution in [1.29, 1.82) is 0 Å². The van der Waals surface area contributed by atoms with Crippen molar-refractivity contribution in [3.05, 3.63) is 35.9 Å². The normalized spacial score (nSPS) is 22.0. The fourth-order valence-electron chi connectivity index (χ4n) is 2.34. The highest BCUT2D eigenvalue weighted by Gasteiger charge is 2.29. The van der Waals surface area contributed by atoms with Gasteiger partial charge < -0.3 is 15.4 Å². The Morgan fingerprint density at radius 3 is 2.67 bits per heavy atom. The molecule has 0 aliphatic carbocycles. The summed E-state index contributed by atoms with van der Waals surface area (Å²) in [6.07, 6.45) is -0.103. The van der Waals surface area contributed by atoms with Crippen molar-refractivity contribution in [2.75, 3.05) is 24.6 Å². The summed E-state index contributed by atoms with van der Waals surface area (Å²) in [5.74, 6) is 0.0768. The van der Waals surface area contributed by atoms with E-state index in [1.54, 1.807) is 4.90 Å². The first-order valence-electron chi connectivity index (χ1n) is 6.90. The Bertz CT molecular complexity index is 495. The van der Waals surface area contributed by atoms with Crippen LogP contribution in [0.3, 0.4) is 0 Å². The second kappa shape index (κ2) is 7.47. The summed E-state index contributed by atoms with van der Waals surface area (Å²) in [5.41, 5.74) is 6.15. The molecule has 2 amide bonds. The smallest absolute Gasteiger partial charge is 0.232 e. The van der Waals surface area contributed by atoms with E-state index in [1.807, 2.05) is 37.3 Å². The van der Waals surface area contributed by atoms with Gasteiger partial charge in [-0.25, -0.2) is 0 Å². The van der Waals surface area contributed by atoms with E-state index in [9.17, 15) is 9.59 Å². The summed E-state index contributed by atoms with van der Waals surface area (Å²) >= 11 is 1.25. The standard InChI is InChI=1S/C15H20N2O3S/c1-11-7-17(15(19)10-21-9-14(16)18)8-13(20-11)12-5-3-2-4-6-12/h2-6,11,13H,7-10H2,1H3,(H2,16,18). The topological polar surface area (TPSA) is 72.6 Å². The van der Waals surface area contributed by atoms with Gasteiger partial charge in [-0.2, -0.15) is 0 Å². The van der Waals surface area contributed by atoms with Crippen molar-refractivity contribution in [3.8, 4) is 0 Å². The third kappa shape index (κ3) is 4.75. The number of amides is 2. The first kappa shape index (κ1) is 15.9. The van der Waals surface area contributed by atoms with Gasteiger partial charge in [0.05, 0.1) is 24.2 Å². The monoisotopic (exact) mass is 308 g/mol. The van der Waals surface area contributed by atoms with E-state index < -0.39 is 5.91 Å². The molecule has 5 nitrogen and oxygen atoms in total. The number of hydrogen-bond donors (Lipinski definition) is 1. The number of ether oxygens (including phenoxy) is 1. The van der Waals surface area contributed by atoms with Crippen LogP contribution in [0.5, 0.6) is 0 Å². The number of morpholine rings is 1. The van der Waals surface area contributed by atoms with E-state index in [1.165, 1.54) is 11.8 Å². The Morgan fingerprint density at radius 2 is 2.00 bits per heavy atom. The van der Waals surface area contributed by atoms with Crippen molar-refractivity contribution >= 4 is 23.6 Å². The fraction of sp³-hybridized carbons (Fsp3) is 0.467. The van der Waals surface area contributed by atoms with Crippen molar-refractivity contribution in [1.82, 2.24) is 4.90 Å². The molecule has 2 atom stereocenters. The molecule has 1 fully saturated rings. The van der Waals surface area contributed by atoms with Crippen LogP contribution in [0.1, 0.15) is 18.6 Å². The molecule has 6 heteroatoms. The highest BCUT2D eigenvalue weighted by atomic mass is 32.2. The van der Waals surface area contributed by atoms with Gasteiger partial charge in [-0.15, -0.1) is 11.8 Å². The van der Waals surface area contributed by atoms with Gasteiger partial charge in [-0.05, 0) is 12.5 Å². The molecule has 2 N–H and O–H groups in total. The molecule has 21 heavy (non-hydrogen) atoms. The summed E-state index contributed by atoms with van der Waals surface area (Å²) in [6.45, 7) is 3.09. The lowest BCUT2D eigenvalue weighted by Crippen LogP contribution is -2.46. The number of carbonyl (C=O) groups excluding carboxylic acids is 2. The number of thioether (sulfide) groups is 1. The molecule has 1 saturated heterocycles. The number of nitrogens with zero attached hydrogens (tertiary/aromatic N) is 1. The van der Waals surface area contributed by atoms with E-state index >= 15 is 0 Å². The zero-order valence-electron chi connectivity index (χ0n) is 12.0. The van der Waals surface area contributed by atoms with Crippen LogP contribution in [0.25, 0.3) is 0 Å². The average molecular weight is 308 g/mol. The fourth-order valence-corrected chi connectivity index (χ4v) is 3.00. The number of primary amides is 1. The number of nitrogens with two attached hydrogens (primary N) is 1. The SMILES string of the molecule is CC1CN(C(=O)CSCC(N)=O)CC(c2ccccc2)O1. The number of rotatable bonds is 5. The minimum atomic E-state index is -0.398. The maximum Gasteiger partial charge on any atom is 0.232 e. The average Bonchev–Trinajstić information content (AvgIpc) is 2.47. The lowest BCUT2D eigenvalue weighted by atomic mass is 10.1. The maximum atomic E-state index is 12.2.